The summed E-state index contributed by atoms with van der Waals surface area (Å²) in [5.41, 5.74) is 0.353. The van der Waals surface area contributed by atoms with Crippen LogP contribution in [0, 0.1) is 11.3 Å². The van der Waals surface area contributed by atoms with Gasteiger partial charge in [0, 0.05) is 12.0 Å². The van der Waals surface area contributed by atoms with Crippen molar-refractivity contribution in [3.63, 3.8) is 0 Å². The van der Waals surface area contributed by atoms with E-state index < -0.39 is 0 Å². The predicted molar refractivity (Wildman–Crippen MR) is 81.5 cm³/mol. The summed E-state index contributed by atoms with van der Waals surface area (Å²) in [6.45, 7) is 10.5. The standard InChI is InChI=1S/C17H34O2/c1-4-6-7-8-10-16(3)11-9-12-18-13-17(5-2)14-19-15-17/h16H,4-15H2,1-3H3. The smallest absolute Gasteiger partial charge is 0.0566 e. The second-order valence-electron chi connectivity index (χ2n) is 6.50. The van der Waals surface area contributed by atoms with Gasteiger partial charge in [-0.15, -0.1) is 0 Å². The van der Waals surface area contributed by atoms with E-state index in [4.69, 9.17) is 9.47 Å². The summed E-state index contributed by atoms with van der Waals surface area (Å²) in [6, 6.07) is 0. The van der Waals surface area contributed by atoms with Gasteiger partial charge >= 0.3 is 0 Å². The van der Waals surface area contributed by atoms with Gasteiger partial charge in [0.25, 0.3) is 0 Å². The van der Waals surface area contributed by atoms with E-state index >= 15 is 0 Å². The van der Waals surface area contributed by atoms with Gasteiger partial charge in [0.15, 0.2) is 0 Å². The first-order chi connectivity index (χ1) is 9.22. The Kier molecular flexibility index (Phi) is 8.72. The molecule has 0 bridgehead atoms. The SMILES string of the molecule is CCCCCCC(C)CCCOCC1(CC)COC1. The summed E-state index contributed by atoms with van der Waals surface area (Å²) in [5, 5.41) is 0. The van der Waals surface area contributed by atoms with Crippen molar-refractivity contribution in [1.29, 1.82) is 0 Å². The van der Waals surface area contributed by atoms with Crippen LogP contribution in [0.25, 0.3) is 0 Å². The highest BCUT2D eigenvalue weighted by atomic mass is 16.5. The topological polar surface area (TPSA) is 18.5 Å². The van der Waals surface area contributed by atoms with E-state index in [2.05, 4.69) is 20.8 Å². The monoisotopic (exact) mass is 270 g/mol. The van der Waals surface area contributed by atoms with Gasteiger partial charge < -0.3 is 9.47 Å². The average Bonchev–Trinajstić information content (AvgIpc) is 2.37. The van der Waals surface area contributed by atoms with Crippen molar-refractivity contribution in [3.8, 4) is 0 Å². The molecule has 1 fully saturated rings. The minimum Gasteiger partial charge on any atom is -0.381 e. The molecular weight excluding hydrogens is 236 g/mol. The van der Waals surface area contributed by atoms with Crippen LogP contribution < -0.4 is 0 Å². The summed E-state index contributed by atoms with van der Waals surface area (Å²) in [6.07, 6.45) is 10.7. The molecule has 114 valence electrons. The maximum atomic E-state index is 5.85. The van der Waals surface area contributed by atoms with Crippen LogP contribution in [0.1, 0.15) is 72.1 Å². The maximum Gasteiger partial charge on any atom is 0.0566 e. The average molecular weight is 270 g/mol. The van der Waals surface area contributed by atoms with Crippen LogP contribution in [-0.2, 0) is 9.47 Å². The minimum atomic E-state index is 0.353. The van der Waals surface area contributed by atoms with Crippen LogP contribution in [0.2, 0.25) is 0 Å². The van der Waals surface area contributed by atoms with Gasteiger partial charge in [-0.1, -0.05) is 52.9 Å². The lowest BCUT2D eigenvalue weighted by molar-refractivity contribution is -0.150. The van der Waals surface area contributed by atoms with Gasteiger partial charge in [0.2, 0.25) is 0 Å². The number of hydrogen-bond donors (Lipinski definition) is 0. The van der Waals surface area contributed by atoms with Crippen LogP contribution >= 0.6 is 0 Å². The van der Waals surface area contributed by atoms with E-state index in [1.165, 1.54) is 51.4 Å². The number of rotatable bonds is 12. The number of hydrogen-bond acceptors (Lipinski definition) is 2. The molecule has 0 saturated carbocycles. The predicted octanol–water partition coefficient (Wildman–Crippen LogP) is 4.82. The second kappa shape index (κ2) is 9.77. The summed E-state index contributed by atoms with van der Waals surface area (Å²) >= 11 is 0. The lowest BCUT2D eigenvalue weighted by atomic mass is 9.84. The van der Waals surface area contributed by atoms with Crippen molar-refractivity contribution < 1.29 is 9.47 Å². The summed E-state index contributed by atoms with van der Waals surface area (Å²) in [5.74, 6) is 0.868. The third-order valence-electron chi connectivity index (χ3n) is 4.51. The molecule has 1 heterocycles. The van der Waals surface area contributed by atoms with Crippen molar-refractivity contribution in [3.05, 3.63) is 0 Å². The lowest BCUT2D eigenvalue weighted by Gasteiger charge is -2.40. The van der Waals surface area contributed by atoms with Crippen LogP contribution in [0.3, 0.4) is 0 Å². The second-order valence-corrected chi connectivity index (χ2v) is 6.50. The Labute approximate surface area is 120 Å². The zero-order chi connectivity index (χ0) is 14.0. The molecule has 0 N–H and O–H groups in total. The largest absolute Gasteiger partial charge is 0.381 e. The van der Waals surface area contributed by atoms with Crippen molar-refractivity contribution in [1.82, 2.24) is 0 Å². The van der Waals surface area contributed by atoms with Crippen molar-refractivity contribution in [2.45, 2.75) is 72.1 Å². The highest BCUT2D eigenvalue weighted by Gasteiger charge is 2.36. The Morgan fingerprint density at radius 2 is 1.79 bits per heavy atom. The minimum absolute atomic E-state index is 0.353. The first-order valence-corrected chi connectivity index (χ1v) is 8.38. The number of ether oxygens (including phenoxy) is 2. The molecule has 1 saturated heterocycles. The zero-order valence-electron chi connectivity index (χ0n) is 13.4. The molecular formula is C17H34O2. The fraction of sp³-hybridized carbons (Fsp3) is 1.00. The van der Waals surface area contributed by atoms with E-state index in [0.717, 1.165) is 32.3 Å². The molecule has 0 aromatic rings. The van der Waals surface area contributed by atoms with Gasteiger partial charge in [-0.05, 0) is 25.2 Å². The molecule has 0 aromatic carbocycles. The highest BCUT2D eigenvalue weighted by Crippen LogP contribution is 2.31. The van der Waals surface area contributed by atoms with E-state index in [1.807, 2.05) is 0 Å². The molecule has 1 rings (SSSR count). The third-order valence-corrected chi connectivity index (χ3v) is 4.51. The summed E-state index contributed by atoms with van der Waals surface area (Å²) < 4.78 is 11.2. The fourth-order valence-electron chi connectivity index (χ4n) is 2.67. The molecule has 0 aliphatic carbocycles. The molecule has 2 heteroatoms. The molecule has 0 spiro atoms. The molecule has 1 atom stereocenters. The molecule has 0 amide bonds. The Bertz CT molecular complexity index is 206. The van der Waals surface area contributed by atoms with Gasteiger partial charge in [0.05, 0.1) is 19.8 Å². The van der Waals surface area contributed by atoms with E-state index in [1.54, 1.807) is 0 Å². The van der Waals surface area contributed by atoms with Crippen LogP contribution in [-0.4, -0.2) is 26.4 Å². The quantitative estimate of drug-likeness (QED) is 0.473. The number of unbranched alkanes of at least 4 members (excludes halogenated alkanes) is 3. The lowest BCUT2D eigenvalue weighted by Crippen LogP contribution is -2.45. The zero-order valence-corrected chi connectivity index (χ0v) is 13.4. The molecule has 2 nitrogen and oxygen atoms in total. The molecule has 19 heavy (non-hydrogen) atoms. The Morgan fingerprint density at radius 3 is 2.37 bits per heavy atom. The Morgan fingerprint density at radius 1 is 1.05 bits per heavy atom. The van der Waals surface area contributed by atoms with Crippen LogP contribution in [0.5, 0.6) is 0 Å². The van der Waals surface area contributed by atoms with Crippen LogP contribution in [0.4, 0.5) is 0 Å². The normalized spacial score (nSPS) is 19.1. The van der Waals surface area contributed by atoms with Gasteiger partial charge in [0.1, 0.15) is 0 Å². The fourth-order valence-corrected chi connectivity index (χ4v) is 2.67. The molecule has 0 aromatic heterocycles. The summed E-state index contributed by atoms with van der Waals surface area (Å²) in [4.78, 5) is 0. The Balaban J connectivity index is 1.89. The van der Waals surface area contributed by atoms with Gasteiger partial charge in [-0.2, -0.15) is 0 Å². The van der Waals surface area contributed by atoms with Crippen molar-refractivity contribution in [2.24, 2.45) is 11.3 Å². The van der Waals surface area contributed by atoms with E-state index in [0.29, 0.717) is 5.41 Å². The first kappa shape index (κ1) is 17.0. The van der Waals surface area contributed by atoms with Gasteiger partial charge in [-0.3, -0.25) is 0 Å². The highest BCUT2D eigenvalue weighted by molar-refractivity contribution is 4.83. The molecule has 0 radical (unpaired) electrons. The van der Waals surface area contributed by atoms with E-state index in [-0.39, 0.29) is 0 Å². The van der Waals surface area contributed by atoms with Crippen molar-refractivity contribution >= 4 is 0 Å². The maximum absolute atomic E-state index is 5.85. The first-order valence-electron chi connectivity index (χ1n) is 8.38. The third kappa shape index (κ3) is 6.76. The molecule has 1 unspecified atom stereocenters. The van der Waals surface area contributed by atoms with Crippen molar-refractivity contribution in [2.75, 3.05) is 26.4 Å². The van der Waals surface area contributed by atoms with Gasteiger partial charge in [-0.25, -0.2) is 0 Å². The van der Waals surface area contributed by atoms with Crippen LogP contribution in [0.15, 0.2) is 0 Å². The van der Waals surface area contributed by atoms with E-state index in [9.17, 15) is 0 Å². The Hall–Kier alpha value is -0.0800. The molecule has 1 aliphatic rings. The summed E-state index contributed by atoms with van der Waals surface area (Å²) in [7, 11) is 0. The molecule has 1 aliphatic heterocycles.